The van der Waals surface area contributed by atoms with Crippen molar-refractivity contribution in [1.82, 2.24) is 24.9 Å². The Bertz CT molecular complexity index is 822. The molecule has 108 valence electrons. The molecular weight excluding hydrogens is 290 g/mol. The average Bonchev–Trinajstić information content (AvgIpc) is 3.00. The van der Waals surface area contributed by atoms with Crippen LogP contribution in [-0.4, -0.2) is 45.8 Å². The van der Waals surface area contributed by atoms with E-state index in [1.807, 2.05) is 10.5 Å². The third-order valence-corrected chi connectivity index (χ3v) is 4.15. The minimum Gasteiger partial charge on any atom is -0.397 e. The zero-order valence-corrected chi connectivity index (χ0v) is 12.0. The molecular formula is C13H14ClN7. The maximum absolute atomic E-state index is 6.34. The summed E-state index contributed by atoms with van der Waals surface area (Å²) >= 11 is 6.34. The number of nitrogen functional groups attached to an aromatic ring is 1. The third kappa shape index (κ3) is 1.89. The summed E-state index contributed by atoms with van der Waals surface area (Å²) in [5.74, 6) is 0.835. The number of fused-ring (bicyclic) bond motifs is 3. The van der Waals surface area contributed by atoms with Crippen LogP contribution < -0.4 is 16.0 Å². The maximum atomic E-state index is 6.34. The lowest BCUT2D eigenvalue weighted by atomic mass is 10.2. The van der Waals surface area contributed by atoms with Gasteiger partial charge in [0.2, 0.25) is 5.65 Å². The Morgan fingerprint density at radius 2 is 2.05 bits per heavy atom. The molecule has 1 fully saturated rings. The molecule has 1 aliphatic rings. The van der Waals surface area contributed by atoms with Crippen molar-refractivity contribution >= 4 is 39.8 Å². The lowest BCUT2D eigenvalue weighted by molar-refractivity contribution is 0.586. The summed E-state index contributed by atoms with van der Waals surface area (Å²) < 4.78 is 1.86. The van der Waals surface area contributed by atoms with Crippen molar-refractivity contribution in [3.8, 4) is 0 Å². The Morgan fingerprint density at radius 3 is 2.86 bits per heavy atom. The third-order valence-electron chi connectivity index (χ3n) is 3.76. The maximum Gasteiger partial charge on any atom is 0.204 e. The van der Waals surface area contributed by atoms with Gasteiger partial charge in [0, 0.05) is 26.2 Å². The van der Waals surface area contributed by atoms with Crippen molar-refractivity contribution in [2.75, 3.05) is 36.8 Å². The number of anilines is 2. The average molecular weight is 304 g/mol. The summed E-state index contributed by atoms with van der Waals surface area (Å²) in [5.41, 5.74) is 8.66. The van der Waals surface area contributed by atoms with Gasteiger partial charge in [-0.05, 0) is 12.1 Å². The van der Waals surface area contributed by atoms with Gasteiger partial charge in [-0.15, -0.1) is 10.2 Å². The summed E-state index contributed by atoms with van der Waals surface area (Å²) in [5, 5.41) is 12.0. The number of rotatable bonds is 1. The smallest absolute Gasteiger partial charge is 0.204 e. The molecule has 4 rings (SSSR count). The quantitative estimate of drug-likeness (QED) is 0.650. The van der Waals surface area contributed by atoms with Crippen LogP contribution >= 0.6 is 11.6 Å². The van der Waals surface area contributed by atoms with E-state index in [1.165, 1.54) is 0 Å². The number of aromatic nitrogens is 4. The Hall–Kier alpha value is -2.12. The van der Waals surface area contributed by atoms with Gasteiger partial charge in [0.1, 0.15) is 6.33 Å². The fourth-order valence-corrected chi connectivity index (χ4v) is 2.94. The highest BCUT2D eigenvalue weighted by molar-refractivity contribution is 6.37. The molecule has 0 unspecified atom stereocenters. The van der Waals surface area contributed by atoms with Crippen molar-refractivity contribution in [3.05, 3.63) is 23.5 Å². The molecule has 2 aromatic heterocycles. The van der Waals surface area contributed by atoms with E-state index in [1.54, 1.807) is 12.4 Å². The monoisotopic (exact) mass is 303 g/mol. The van der Waals surface area contributed by atoms with E-state index in [0.717, 1.165) is 43.0 Å². The standard InChI is InChI=1S/C13H14ClN7/c14-10-8(15)1-2-9-11(10)21-7-17-19-13(21)12(18-9)20-5-3-16-4-6-20/h1-2,7,16H,3-6,15H2. The molecule has 8 heteroatoms. The number of nitrogens with two attached hydrogens (primary N) is 1. The second-order valence-corrected chi connectivity index (χ2v) is 5.41. The largest absolute Gasteiger partial charge is 0.397 e. The molecule has 21 heavy (non-hydrogen) atoms. The number of halogens is 1. The van der Waals surface area contributed by atoms with E-state index in [9.17, 15) is 0 Å². The SMILES string of the molecule is Nc1ccc2nc(N3CCNCC3)c3nncn3c2c1Cl. The molecule has 3 N–H and O–H groups in total. The fraction of sp³-hybridized carbons (Fsp3) is 0.308. The van der Waals surface area contributed by atoms with E-state index < -0.39 is 0 Å². The predicted molar refractivity (Wildman–Crippen MR) is 82.8 cm³/mol. The molecule has 0 radical (unpaired) electrons. The van der Waals surface area contributed by atoms with Crippen LogP contribution in [0.4, 0.5) is 11.5 Å². The second-order valence-electron chi connectivity index (χ2n) is 5.03. The topological polar surface area (TPSA) is 84.4 Å². The Morgan fingerprint density at radius 1 is 1.24 bits per heavy atom. The first-order chi connectivity index (χ1) is 10.3. The Kier molecular flexibility index (Phi) is 2.83. The van der Waals surface area contributed by atoms with Gasteiger partial charge in [0.25, 0.3) is 0 Å². The van der Waals surface area contributed by atoms with Crippen LogP contribution in [-0.2, 0) is 0 Å². The fourth-order valence-electron chi connectivity index (χ4n) is 2.69. The van der Waals surface area contributed by atoms with Crippen LogP contribution in [0.25, 0.3) is 16.7 Å². The first kappa shape index (κ1) is 12.6. The number of hydrogen-bond donors (Lipinski definition) is 2. The first-order valence-corrected chi connectivity index (χ1v) is 7.16. The number of nitrogens with one attached hydrogen (secondary N) is 1. The van der Waals surface area contributed by atoms with Gasteiger partial charge in [0.05, 0.1) is 21.7 Å². The minimum atomic E-state index is 0.483. The van der Waals surface area contributed by atoms with Crippen molar-refractivity contribution < 1.29 is 0 Å². The summed E-state index contributed by atoms with van der Waals surface area (Å²) in [6, 6.07) is 3.65. The molecule has 0 aliphatic carbocycles. The number of hydrogen-bond acceptors (Lipinski definition) is 6. The van der Waals surface area contributed by atoms with E-state index in [0.29, 0.717) is 16.4 Å². The van der Waals surface area contributed by atoms with Gasteiger partial charge in [-0.1, -0.05) is 11.6 Å². The first-order valence-electron chi connectivity index (χ1n) is 6.79. The van der Waals surface area contributed by atoms with Gasteiger partial charge < -0.3 is 16.0 Å². The van der Waals surface area contributed by atoms with Crippen LogP contribution in [0.15, 0.2) is 18.5 Å². The van der Waals surface area contributed by atoms with Crippen LogP contribution in [0.2, 0.25) is 5.02 Å². The van der Waals surface area contributed by atoms with Crippen molar-refractivity contribution in [1.29, 1.82) is 0 Å². The molecule has 7 nitrogen and oxygen atoms in total. The van der Waals surface area contributed by atoms with E-state index >= 15 is 0 Å². The molecule has 0 amide bonds. The van der Waals surface area contributed by atoms with Crippen LogP contribution in [0.5, 0.6) is 0 Å². The zero-order valence-electron chi connectivity index (χ0n) is 11.3. The predicted octanol–water partition coefficient (Wildman–Crippen LogP) is 0.923. The number of benzene rings is 1. The minimum absolute atomic E-state index is 0.483. The van der Waals surface area contributed by atoms with Crippen LogP contribution in [0.3, 0.4) is 0 Å². The van der Waals surface area contributed by atoms with Crippen LogP contribution in [0, 0.1) is 0 Å². The van der Waals surface area contributed by atoms with Gasteiger partial charge in [0.15, 0.2) is 5.82 Å². The molecule has 0 spiro atoms. The van der Waals surface area contributed by atoms with Crippen LogP contribution in [0.1, 0.15) is 0 Å². The van der Waals surface area contributed by atoms with E-state index in [2.05, 4.69) is 20.4 Å². The molecule has 0 atom stereocenters. The molecule has 0 bridgehead atoms. The van der Waals surface area contributed by atoms with Gasteiger partial charge in [-0.2, -0.15) is 0 Å². The molecule has 1 aromatic carbocycles. The second kappa shape index (κ2) is 4.71. The summed E-state index contributed by atoms with van der Waals surface area (Å²) in [7, 11) is 0. The van der Waals surface area contributed by atoms with Crippen molar-refractivity contribution in [2.45, 2.75) is 0 Å². The Labute approximate surface area is 125 Å². The summed E-state index contributed by atoms with van der Waals surface area (Å²) in [4.78, 5) is 6.95. The molecule has 3 heterocycles. The van der Waals surface area contributed by atoms with Crippen molar-refractivity contribution in [3.63, 3.8) is 0 Å². The van der Waals surface area contributed by atoms with Gasteiger partial charge in [-0.25, -0.2) is 4.98 Å². The lowest BCUT2D eigenvalue weighted by Crippen LogP contribution is -2.44. The number of nitrogens with zero attached hydrogens (tertiary/aromatic N) is 5. The zero-order chi connectivity index (χ0) is 14.4. The highest BCUT2D eigenvalue weighted by Gasteiger charge is 2.19. The van der Waals surface area contributed by atoms with E-state index in [-0.39, 0.29) is 0 Å². The number of piperazine rings is 1. The lowest BCUT2D eigenvalue weighted by Gasteiger charge is -2.28. The highest BCUT2D eigenvalue weighted by atomic mass is 35.5. The molecule has 1 saturated heterocycles. The van der Waals surface area contributed by atoms with Gasteiger partial charge >= 0.3 is 0 Å². The van der Waals surface area contributed by atoms with E-state index in [4.69, 9.17) is 22.3 Å². The Balaban J connectivity index is 2.03. The summed E-state index contributed by atoms with van der Waals surface area (Å²) in [6.07, 6.45) is 1.65. The van der Waals surface area contributed by atoms with Gasteiger partial charge in [-0.3, -0.25) is 4.40 Å². The molecule has 3 aromatic rings. The normalized spacial score (nSPS) is 16.0. The molecule has 0 saturated carbocycles. The summed E-state index contributed by atoms with van der Waals surface area (Å²) in [6.45, 7) is 3.65. The highest BCUT2D eigenvalue weighted by Crippen LogP contribution is 2.31. The van der Waals surface area contributed by atoms with Crippen molar-refractivity contribution in [2.24, 2.45) is 0 Å². The molecule has 1 aliphatic heterocycles.